The van der Waals surface area contributed by atoms with E-state index in [1.165, 1.54) is 0 Å². The molecule has 0 amide bonds. The molecule has 0 aliphatic heterocycles. The quantitative estimate of drug-likeness (QED) is 0.605. The zero-order chi connectivity index (χ0) is 11.8. The highest BCUT2D eigenvalue weighted by molar-refractivity contribution is 8.13. The van der Waals surface area contributed by atoms with Crippen LogP contribution in [0.25, 0.3) is 0 Å². The lowest BCUT2D eigenvalue weighted by atomic mass is 10.1. The number of halogens is 4. The summed E-state index contributed by atoms with van der Waals surface area (Å²) in [5, 5.41) is 0. The summed E-state index contributed by atoms with van der Waals surface area (Å²) in [7, 11) is 0.554. The predicted molar refractivity (Wildman–Crippen MR) is 46.9 cm³/mol. The van der Waals surface area contributed by atoms with Crippen molar-refractivity contribution in [3.8, 4) is 0 Å². The first-order valence-corrected chi connectivity index (χ1v) is 5.94. The van der Waals surface area contributed by atoms with E-state index in [1.54, 1.807) is 0 Å². The van der Waals surface area contributed by atoms with Gasteiger partial charge in [0.1, 0.15) is 4.90 Å². The Morgan fingerprint density at radius 1 is 1.47 bits per heavy atom. The molecule has 0 aliphatic carbocycles. The van der Waals surface area contributed by atoms with Gasteiger partial charge in [-0.1, -0.05) is 0 Å². The Balaban J connectivity index is 3.62. The molecule has 0 bridgehead atoms. The molecule has 15 heavy (non-hydrogen) atoms. The Bertz CT molecular complexity index is 489. The van der Waals surface area contributed by atoms with E-state index in [9.17, 15) is 21.6 Å². The van der Waals surface area contributed by atoms with E-state index >= 15 is 0 Å². The fourth-order valence-corrected chi connectivity index (χ4v) is 2.10. The Morgan fingerprint density at radius 3 is 2.40 bits per heavy atom. The van der Waals surface area contributed by atoms with Crippen molar-refractivity contribution in [1.29, 1.82) is 0 Å². The maximum atomic E-state index is 12.8. The minimum atomic E-state index is -4.35. The largest absolute Gasteiger partial charge is 0.265 e. The molecule has 8 heteroatoms. The molecule has 1 heterocycles. The normalized spacial score (nSPS) is 12.1. The molecule has 0 saturated carbocycles. The molecule has 0 atom stereocenters. The summed E-state index contributed by atoms with van der Waals surface area (Å²) in [6.45, 7) is 1.01. The van der Waals surface area contributed by atoms with Gasteiger partial charge in [-0.2, -0.15) is 4.39 Å². The molecule has 0 spiro atoms. The van der Waals surface area contributed by atoms with E-state index in [-0.39, 0.29) is 0 Å². The second-order valence-electron chi connectivity index (χ2n) is 2.69. The van der Waals surface area contributed by atoms with Gasteiger partial charge < -0.3 is 0 Å². The van der Waals surface area contributed by atoms with Crippen molar-refractivity contribution < 1.29 is 21.6 Å². The van der Waals surface area contributed by atoms with Crippen LogP contribution in [-0.4, -0.2) is 13.4 Å². The molecule has 84 valence electrons. The average molecular weight is 260 g/mol. The highest BCUT2D eigenvalue weighted by Gasteiger charge is 2.26. The molecule has 0 fully saturated rings. The first-order valence-electron chi connectivity index (χ1n) is 3.63. The van der Waals surface area contributed by atoms with Crippen molar-refractivity contribution in [2.45, 2.75) is 18.2 Å². The molecule has 0 unspecified atom stereocenters. The van der Waals surface area contributed by atoms with Crippen LogP contribution in [0, 0.1) is 12.9 Å². The lowest BCUT2D eigenvalue weighted by Gasteiger charge is -2.08. The van der Waals surface area contributed by atoms with E-state index in [2.05, 4.69) is 4.98 Å². The standard InChI is InChI=1S/C7H5ClF3NO2S/c1-3-5(6(9)10)4(15(8,13)14)2-12-7(3)11/h2,6H,1H3. The lowest BCUT2D eigenvalue weighted by Crippen LogP contribution is -2.05. The van der Waals surface area contributed by atoms with Crippen LogP contribution in [0.1, 0.15) is 17.6 Å². The van der Waals surface area contributed by atoms with Gasteiger partial charge >= 0.3 is 0 Å². The SMILES string of the molecule is Cc1c(F)ncc(S(=O)(=O)Cl)c1C(F)F. The first-order chi connectivity index (χ1) is 6.75. The third kappa shape index (κ3) is 2.40. The fraction of sp³-hybridized carbons (Fsp3) is 0.286. The molecule has 0 N–H and O–H groups in total. The molecule has 0 saturated heterocycles. The van der Waals surface area contributed by atoms with Crippen LogP contribution in [0.2, 0.25) is 0 Å². The maximum Gasteiger partial charge on any atom is 0.265 e. The Morgan fingerprint density at radius 2 is 2.00 bits per heavy atom. The fourth-order valence-electron chi connectivity index (χ4n) is 1.04. The third-order valence-corrected chi connectivity index (χ3v) is 3.10. The summed E-state index contributed by atoms with van der Waals surface area (Å²) in [6, 6.07) is 0. The zero-order valence-corrected chi connectivity index (χ0v) is 8.91. The Hall–Kier alpha value is -0.820. The molecular weight excluding hydrogens is 255 g/mol. The van der Waals surface area contributed by atoms with E-state index in [1.807, 2.05) is 0 Å². The van der Waals surface area contributed by atoms with Gasteiger partial charge in [-0.15, -0.1) is 0 Å². The number of alkyl halides is 2. The van der Waals surface area contributed by atoms with Gasteiger partial charge in [-0.3, -0.25) is 0 Å². The minimum Gasteiger partial charge on any atom is -0.227 e. The summed E-state index contributed by atoms with van der Waals surface area (Å²) < 4.78 is 59.6. The molecular formula is C7H5ClF3NO2S. The van der Waals surface area contributed by atoms with Crippen molar-refractivity contribution in [3.63, 3.8) is 0 Å². The highest BCUT2D eigenvalue weighted by atomic mass is 35.7. The molecule has 1 aromatic rings. The Kier molecular flexibility index (Phi) is 3.25. The van der Waals surface area contributed by atoms with Crippen LogP contribution in [-0.2, 0) is 9.05 Å². The van der Waals surface area contributed by atoms with Crippen LogP contribution in [0.15, 0.2) is 11.1 Å². The summed E-state index contributed by atoms with van der Waals surface area (Å²) in [6.07, 6.45) is -2.65. The van der Waals surface area contributed by atoms with Gasteiger partial charge in [-0.05, 0) is 6.92 Å². The van der Waals surface area contributed by atoms with Gasteiger partial charge in [-0.25, -0.2) is 22.2 Å². The van der Waals surface area contributed by atoms with Gasteiger partial charge in [0.2, 0.25) is 5.95 Å². The third-order valence-electron chi connectivity index (χ3n) is 1.75. The summed E-state index contributed by atoms with van der Waals surface area (Å²) in [5.41, 5.74) is -1.47. The number of hydrogen-bond donors (Lipinski definition) is 0. The van der Waals surface area contributed by atoms with E-state index in [0.29, 0.717) is 6.20 Å². The summed E-state index contributed by atoms with van der Waals surface area (Å²) in [4.78, 5) is 2.16. The molecule has 1 rings (SSSR count). The van der Waals surface area contributed by atoms with Gasteiger partial charge in [0.05, 0.1) is 6.20 Å². The van der Waals surface area contributed by atoms with Crippen LogP contribution < -0.4 is 0 Å². The van der Waals surface area contributed by atoms with E-state index < -0.39 is 37.4 Å². The first kappa shape index (κ1) is 12.3. The number of rotatable bonds is 2. The molecule has 0 aromatic carbocycles. The highest BCUT2D eigenvalue weighted by Crippen LogP contribution is 2.31. The van der Waals surface area contributed by atoms with Crippen LogP contribution in [0.3, 0.4) is 0 Å². The van der Waals surface area contributed by atoms with Crippen LogP contribution >= 0.6 is 10.7 Å². The van der Waals surface area contributed by atoms with Gasteiger partial charge in [0, 0.05) is 21.8 Å². The van der Waals surface area contributed by atoms with Gasteiger partial charge in [0.25, 0.3) is 15.5 Å². The topological polar surface area (TPSA) is 47.0 Å². The Labute approximate surface area is 88.3 Å². The van der Waals surface area contributed by atoms with Gasteiger partial charge in [0.15, 0.2) is 0 Å². The molecule has 1 aromatic heterocycles. The van der Waals surface area contributed by atoms with Crippen molar-refractivity contribution in [2.24, 2.45) is 0 Å². The van der Waals surface area contributed by atoms with Crippen molar-refractivity contribution in [1.82, 2.24) is 4.98 Å². The molecule has 0 aliphatic rings. The maximum absolute atomic E-state index is 12.8. The number of hydrogen-bond acceptors (Lipinski definition) is 3. The van der Waals surface area contributed by atoms with Crippen LogP contribution in [0.4, 0.5) is 13.2 Å². The molecule has 3 nitrogen and oxygen atoms in total. The second-order valence-corrected chi connectivity index (χ2v) is 5.22. The van der Waals surface area contributed by atoms with E-state index in [4.69, 9.17) is 10.7 Å². The predicted octanol–water partition coefficient (Wildman–Crippen LogP) is 2.39. The minimum absolute atomic E-state index is 0.478. The van der Waals surface area contributed by atoms with Crippen molar-refractivity contribution in [2.75, 3.05) is 0 Å². The monoisotopic (exact) mass is 259 g/mol. The van der Waals surface area contributed by atoms with Crippen LogP contribution in [0.5, 0.6) is 0 Å². The lowest BCUT2D eigenvalue weighted by molar-refractivity contribution is 0.146. The molecule has 0 radical (unpaired) electrons. The number of pyridine rings is 1. The van der Waals surface area contributed by atoms with Crippen molar-refractivity contribution in [3.05, 3.63) is 23.3 Å². The number of nitrogens with zero attached hydrogens (tertiary/aromatic N) is 1. The summed E-state index contributed by atoms with van der Waals surface area (Å²) in [5.74, 6) is -1.14. The summed E-state index contributed by atoms with van der Waals surface area (Å²) >= 11 is 0. The van der Waals surface area contributed by atoms with Crippen molar-refractivity contribution >= 4 is 19.7 Å². The zero-order valence-electron chi connectivity index (χ0n) is 7.34. The smallest absolute Gasteiger partial charge is 0.227 e. The second kappa shape index (κ2) is 3.97. The van der Waals surface area contributed by atoms with E-state index in [0.717, 1.165) is 6.92 Å². The average Bonchev–Trinajstić information content (AvgIpc) is 2.06. The number of aromatic nitrogens is 1.